The Morgan fingerprint density at radius 3 is 2.77 bits per heavy atom. The van der Waals surface area contributed by atoms with E-state index in [1.165, 1.54) is 17.7 Å². The number of anilines is 1. The van der Waals surface area contributed by atoms with Crippen molar-refractivity contribution in [2.24, 2.45) is 5.92 Å². The fourth-order valence-electron chi connectivity index (χ4n) is 4.20. The molecule has 2 fully saturated rings. The lowest BCUT2D eigenvalue weighted by molar-refractivity contribution is 0.122. The predicted molar refractivity (Wildman–Crippen MR) is 125 cm³/mol. The van der Waals surface area contributed by atoms with Crippen molar-refractivity contribution in [1.29, 1.82) is 0 Å². The number of amides is 2. The summed E-state index contributed by atoms with van der Waals surface area (Å²) in [4.78, 5) is 23.1. The molecule has 2 aromatic heterocycles. The molecule has 0 aromatic carbocycles. The number of nitrogens with one attached hydrogen (secondary N) is 2. The topological polar surface area (TPSA) is 69.7 Å². The van der Waals surface area contributed by atoms with Gasteiger partial charge in [0.15, 0.2) is 0 Å². The van der Waals surface area contributed by atoms with Gasteiger partial charge in [0.2, 0.25) is 0 Å². The quantitative estimate of drug-likeness (QED) is 0.688. The van der Waals surface area contributed by atoms with Crippen LogP contribution in [0.5, 0.6) is 0 Å². The van der Waals surface area contributed by atoms with E-state index in [0.717, 1.165) is 56.7 Å². The van der Waals surface area contributed by atoms with Crippen LogP contribution >= 0.6 is 11.3 Å². The summed E-state index contributed by atoms with van der Waals surface area (Å²) in [5.74, 6) is 1.74. The molecule has 4 heterocycles. The van der Waals surface area contributed by atoms with E-state index >= 15 is 0 Å². The van der Waals surface area contributed by atoms with Crippen molar-refractivity contribution in [2.75, 3.05) is 50.8 Å². The fourth-order valence-corrected chi connectivity index (χ4v) is 5.06. The highest BCUT2D eigenvalue weighted by Gasteiger charge is 2.25. The van der Waals surface area contributed by atoms with E-state index < -0.39 is 0 Å². The van der Waals surface area contributed by atoms with Gasteiger partial charge in [0.05, 0.1) is 19.3 Å². The molecule has 2 aliphatic rings. The van der Waals surface area contributed by atoms with Crippen LogP contribution in [0.4, 0.5) is 10.6 Å². The van der Waals surface area contributed by atoms with Gasteiger partial charge in [-0.05, 0) is 61.0 Å². The Hall–Kier alpha value is -2.16. The van der Waals surface area contributed by atoms with Crippen LogP contribution < -0.4 is 15.5 Å². The fraction of sp³-hybridized carbons (Fsp3) is 0.565. The number of piperidine rings is 1. The minimum absolute atomic E-state index is 0.128. The zero-order valence-electron chi connectivity index (χ0n) is 18.3. The Kier molecular flexibility index (Phi) is 7.77. The van der Waals surface area contributed by atoms with Crippen LogP contribution in [0.15, 0.2) is 35.8 Å². The number of thiophene rings is 1. The largest absolute Gasteiger partial charge is 0.378 e. The predicted octanol–water partition coefficient (Wildman–Crippen LogP) is 3.25. The molecule has 0 saturated carbocycles. The van der Waals surface area contributed by atoms with Crippen molar-refractivity contribution >= 4 is 23.2 Å². The van der Waals surface area contributed by atoms with Crippen LogP contribution in [-0.4, -0.2) is 61.9 Å². The molecule has 2 saturated heterocycles. The highest BCUT2D eigenvalue weighted by molar-refractivity contribution is 7.10. The van der Waals surface area contributed by atoms with Gasteiger partial charge in [-0.2, -0.15) is 0 Å². The molecule has 0 radical (unpaired) electrons. The third-order valence-corrected chi connectivity index (χ3v) is 7.16. The Labute approximate surface area is 188 Å². The number of aromatic nitrogens is 1. The molecule has 0 aliphatic carbocycles. The van der Waals surface area contributed by atoms with Gasteiger partial charge in [-0.1, -0.05) is 13.0 Å². The molecule has 0 spiro atoms. The van der Waals surface area contributed by atoms with Crippen LogP contribution in [0.25, 0.3) is 0 Å². The lowest BCUT2D eigenvalue weighted by Crippen LogP contribution is -2.44. The van der Waals surface area contributed by atoms with Crippen molar-refractivity contribution in [1.82, 2.24) is 20.5 Å². The van der Waals surface area contributed by atoms with E-state index in [1.54, 1.807) is 11.3 Å². The van der Waals surface area contributed by atoms with Gasteiger partial charge >= 0.3 is 6.03 Å². The smallest absolute Gasteiger partial charge is 0.315 e. The second-order valence-electron chi connectivity index (χ2n) is 8.43. The zero-order chi connectivity index (χ0) is 21.5. The van der Waals surface area contributed by atoms with E-state index in [2.05, 4.69) is 55.9 Å². The maximum absolute atomic E-state index is 12.5. The molecule has 0 unspecified atom stereocenters. The van der Waals surface area contributed by atoms with Gasteiger partial charge in [-0.3, -0.25) is 4.90 Å². The normalized spacial score (nSPS) is 19.2. The Morgan fingerprint density at radius 2 is 2.03 bits per heavy atom. The Morgan fingerprint density at radius 1 is 1.23 bits per heavy atom. The second-order valence-corrected chi connectivity index (χ2v) is 9.41. The molecule has 1 atom stereocenters. The lowest BCUT2D eigenvalue weighted by atomic mass is 9.97. The number of pyridine rings is 1. The molecular formula is C23H33N5O2S. The zero-order valence-corrected chi connectivity index (χ0v) is 19.1. The number of hydrogen-bond donors (Lipinski definition) is 2. The van der Waals surface area contributed by atoms with Crippen molar-refractivity contribution in [3.8, 4) is 0 Å². The van der Waals surface area contributed by atoms with Gasteiger partial charge in [0, 0.05) is 37.3 Å². The molecular weight excluding hydrogens is 410 g/mol. The molecule has 2 aromatic rings. The SMILES string of the molecule is CC1CCN([C@@H](CNC(=O)NCc2ccnc(N3CCOCC3)c2)c2cccs2)CC1. The van der Waals surface area contributed by atoms with Gasteiger partial charge in [0.1, 0.15) is 5.82 Å². The minimum atomic E-state index is -0.128. The molecule has 0 bridgehead atoms. The van der Waals surface area contributed by atoms with Gasteiger partial charge in [-0.25, -0.2) is 9.78 Å². The molecule has 8 heteroatoms. The third-order valence-electron chi connectivity index (χ3n) is 6.18. The molecule has 31 heavy (non-hydrogen) atoms. The number of ether oxygens (including phenoxy) is 1. The summed E-state index contributed by atoms with van der Waals surface area (Å²) in [7, 11) is 0. The average molecular weight is 444 g/mol. The van der Waals surface area contributed by atoms with E-state index in [4.69, 9.17) is 4.74 Å². The Bertz CT molecular complexity index is 817. The van der Waals surface area contributed by atoms with Crippen LogP contribution in [-0.2, 0) is 11.3 Å². The summed E-state index contributed by atoms with van der Waals surface area (Å²) in [5.41, 5.74) is 1.05. The lowest BCUT2D eigenvalue weighted by Gasteiger charge is -2.36. The van der Waals surface area contributed by atoms with Crippen LogP contribution in [0.1, 0.15) is 36.2 Å². The molecule has 2 aliphatic heterocycles. The number of hydrogen-bond acceptors (Lipinski definition) is 6. The van der Waals surface area contributed by atoms with Crippen molar-refractivity contribution < 1.29 is 9.53 Å². The van der Waals surface area contributed by atoms with Crippen LogP contribution in [0.2, 0.25) is 0 Å². The summed E-state index contributed by atoms with van der Waals surface area (Å²) in [6.45, 7) is 8.78. The number of morpholine rings is 1. The highest BCUT2D eigenvalue weighted by Crippen LogP contribution is 2.29. The average Bonchev–Trinajstić information content (AvgIpc) is 3.34. The molecule has 2 N–H and O–H groups in total. The summed E-state index contributed by atoms with van der Waals surface area (Å²) >= 11 is 1.77. The maximum Gasteiger partial charge on any atom is 0.315 e. The number of urea groups is 1. The van der Waals surface area contributed by atoms with E-state index in [-0.39, 0.29) is 12.1 Å². The first-order chi connectivity index (χ1) is 15.2. The first-order valence-corrected chi connectivity index (χ1v) is 12.1. The van der Waals surface area contributed by atoms with E-state index in [0.29, 0.717) is 13.1 Å². The van der Waals surface area contributed by atoms with Crippen molar-refractivity contribution in [3.63, 3.8) is 0 Å². The van der Waals surface area contributed by atoms with E-state index in [9.17, 15) is 4.79 Å². The van der Waals surface area contributed by atoms with Gasteiger partial charge < -0.3 is 20.3 Å². The van der Waals surface area contributed by atoms with Crippen LogP contribution in [0.3, 0.4) is 0 Å². The third kappa shape index (κ3) is 6.18. The second kappa shape index (κ2) is 10.9. The van der Waals surface area contributed by atoms with Crippen molar-refractivity contribution in [2.45, 2.75) is 32.4 Å². The molecule has 2 amide bonds. The highest BCUT2D eigenvalue weighted by atomic mass is 32.1. The van der Waals surface area contributed by atoms with Gasteiger partial charge in [-0.15, -0.1) is 11.3 Å². The molecule has 168 valence electrons. The number of rotatable bonds is 7. The summed E-state index contributed by atoms with van der Waals surface area (Å²) in [5, 5.41) is 8.22. The number of likely N-dealkylation sites (tertiary alicyclic amines) is 1. The number of carbonyl (C=O) groups excluding carboxylic acids is 1. The first-order valence-electron chi connectivity index (χ1n) is 11.3. The van der Waals surface area contributed by atoms with E-state index in [1.807, 2.05) is 12.3 Å². The molecule has 7 nitrogen and oxygen atoms in total. The van der Waals surface area contributed by atoms with Crippen LogP contribution in [0, 0.1) is 5.92 Å². The first kappa shape index (κ1) is 22.0. The summed E-state index contributed by atoms with van der Waals surface area (Å²) in [6, 6.07) is 8.39. The minimum Gasteiger partial charge on any atom is -0.378 e. The Balaban J connectivity index is 1.29. The number of nitrogens with zero attached hydrogens (tertiary/aromatic N) is 3. The molecule has 4 rings (SSSR count). The monoisotopic (exact) mass is 443 g/mol. The summed E-state index contributed by atoms with van der Waals surface area (Å²) < 4.78 is 5.41. The summed E-state index contributed by atoms with van der Waals surface area (Å²) in [6.07, 6.45) is 4.26. The van der Waals surface area contributed by atoms with Gasteiger partial charge in [0.25, 0.3) is 0 Å². The standard InChI is InChI=1S/C23H33N5O2S/c1-18-5-8-27(9-6-18)20(21-3-2-14-31-21)17-26-23(29)25-16-19-4-7-24-22(15-19)28-10-12-30-13-11-28/h2-4,7,14-15,18,20H,5-6,8-13,16-17H2,1H3,(H2,25,26,29)/t20-/m0/s1. The maximum atomic E-state index is 12.5. The number of carbonyl (C=O) groups is 1. The van der Waals surface area contributed by atoms with Crippen molar-refractivity contribution in [3.05, 3.63) is 46.3 Å².